The van der Waals surface area contributed by atoms with Crippen LogP contribution in [0, 0.1) is 0 Å². The summed E-state index contributed by atoms with van der Waals surface area (Å²) in [6, 6.07) is 5.15. The van der Waals surface area contributed by atoms with Gasteiger partial charge in [0.05, 0.1) is 10.2 Å². The number of hydrogen-bond acceptors (Lipinski definition) is 6. The molecule has 2 heterocycles. The summed E-state index contributed by atoms with van der Waals surface area (Å²) in [5.74, 6) is -0.0610. The number of hydrogen-bond donors (Lipinski definition) is 2. The van der Waals surface area contributed by atoms with Crippen molar-refractivity contribution in [3.8, 4) is 0 Å². The van der Waals surface area contributed by atoms with Gasteiger partial charge in [0.2, 0.25) is 0 Å². The van der Waals surface area contributed by atoms with Gasteiger partial charge in [0.15, 0.2) is 10.9 Å². The van der Waals surface area contributed by atoms with Crippen LogP contribution in [0.2, 0.25) is 5.02 Å². The molecule has 0 amide bonds. The fourth-order valence-electron chi connectivity index (χ4n) is 1.80. The van der Waals surface area contributed by atoms with Crippen LogP contribution in [0.4, 0.5) is 10.9 Å². The number of fused-ring (bicyclic) bond motifs is 1. The summed E-state index contributed by atoms with van der Waals surface area (Å²) in [4.78, 5) is 4.12. The molecule has 0 fully saturated rings. The quantitative estimate of drug-likeness (QED) is 0.757. The molecule has 21 heavy (non-hydrogen) atoms. The minimum Gasteiger partial charge on any atom is -0.381 e. The molecular weight excluding hydrogens is 334 g/mol. The van der Waals surface area contributed by atoms with Crippen LogP contribution in [0.5, 0.6) is 0 Å². The van der Waals surface area contributed by atoms with E-state index >= 15 is 0 Å². The lowest BCUT2D eigenvalue weighted by Crippen LogP contribution is -2.13. The van der Waals surface area contributed by atoms with Crippen LogP contribution in [0.15, 0.2) is 29.3 Å². The van der Waals surface area contributed by atoms with Crippen molar-refractivity contribution in [1.29, 1.82) is 0 Å². The first-order valence-electron chi connectivity index (χ1n) is 5.73. The van der Waals surface area contributed by atoms with Crippen LogP contribution in [0.25, 0.3) is 10.2 Å². The number of nitrogens with two attached hydrogens (primary N) is 1. The van der Waals surface area contributed by atoms with Crippen LogP contribution in [0.3, 0.4) is 0 Å². The molecule has 3 N–H and O–H groups in total. The van der Waals surface area contributed by atoms with Crippen molar-refractivity contribution >= 4 is 54.1 Å². The van der Waals surface area contributed by atoms with Crippen molar-refractivity contribution in [2.75, 3.05) is 10.5 Å². The third kappa shape index (κ3) is 2.67. The lowest BCUT2D eigenvalue weighted by atomic mass is 10.3. The van der Waals surface area contributed by atoms with E-state index in [0.717, 1.165) is 4.70 Å². The number of sulfonamides is 1. The predicted octanol–water partition coefficient (Wildman–Crippen LogP) is 2.07. The van der Waals surface area contributed by atoms with E-state index in [1.54, 1.807) is 25.2 Å². The number of halogens is 1. The smallest absolute Gasteiger partial charge is 0.268 e. The van der Waals surface area contributed by atoms with Gasteiger partial charge in [0.1, 0.15) is 4.90 Å². The van der Waals surface area contributed by atoms with Crippen molar-refractivity contribution in [2.45, 2.75) is 4.90 Å². The number of rotatable bonds is 3. The van der Waals surface area contributed by atoms with Crippen LogP contribution < -0.4 is 10.5 Å². The second kappa shape index (κ2) is 4.86. The molecule has 3 rings (SSSR count). The van der Waals surface area contributed by atoms with E-state index in [4.69, 9.17) is 17.3 Å². The zero-order chi connectivity index (χ0) is 15.2. The second-order valence-corrected chi connectivity index (χ2v) is 7.41. The van der Waals surface area contributed by atoms with Crippen molar-refractivity contribution in [3.05, 3.63) is 29.4 Å². The van der Waals surface area contributed by atoms with Gasteiger partial charge in [0.25, 0.3) is 10.0 Å². The van der Waals surface area contributed by atoms with E-state index in [9.17, 15) is 8.42 Å². The number of aryl methyl sites for hydroxylation is 1. The van der Waals surface area contributed by atoms with Crippen LogP contribution >= 0.6 is 22.9 Å². The maximum absolute atomic E-state index is 12.3. The zero-order valence-electron chi connectivity index (χ0n) is 10.7. The molecule has 7 nitrogen and oxygen atoms in total. The fourth-order valence-corrected chi connectivity index (χ4v) is 4.28. The maximum atomic E-state index is 12.3. The normalized spacial score (nSPS) is 11.9. The number of nitrogens with zero attached hydrogens (tertiary/aromatic N) is 3. The molecule has 0 spiro atoms. The lowest BCUT2D eigenvalue weighted by molar-refractivity contribution is 0.601. The Morgan fingerprint density at radius 3 is 2.86 bits per heavy atom. The molecule has 0 aliphatic rings. The number of anilines is 2. The minimum atomic E-state index is -3.82. The van der Waals surface area contributed by atoms with Crippen molar-refractivity contribution < 1.29 is 8.42 Å². The molecule has 3 aromatic rings. The van der Waals surface area contributed by atoms with Gasteiger partial charge >= 0.3 is 0 Å². The molecule has 1 aromatic carbocycles. The van der Waals surface area contributed by atoms with Crippen LogP contribution in [-0.2, 0) is 17.1 Å². The Labute approximate surface area is 129 Å². The average Bonchev–Trinajstić information content (AvgIpc) is 2.91. The molecule has 10 heteroatoms. The third-order valence-electron chi connectivity index (χ3n) is 2.68. The molecule has 0 saturated carbocycles. The summed E-state index contributed by atoms with van der Waals surface area (Å²) < 4.78 is 29.1. The Morgan fingerprint density at radius 2 is 2.19 bits per heavy atom. The summed E-state index contributed by atoms with van der Waals surface area (Å²) in [5.41, 5.74) is 6.26. The standard InChI is InChI=1S/C11H10ClN5O2S2/c1-17-5-9(10(13)15-17)21(18,19)16-11-14-7-3-2-6(12)4-8(7)20-11/h2-5H,1H3,(H2,13,15)(H,14,16). The molecule has 0 saturated heterocycles. The summed E-state index contributed by atoms with van der Waals surface area (Å²) in [7, 11) is -2.23. The zero-order valence-corrected chi connectivity index (χ0v) is 13.1. The molecule has 0 radical (unpaired) electrons. The summed E-state index contributed by atoms with van der Waals surface area (Å²) in [6.45, 7) is 0. The van der Waals surface area contributed by atoms with Gasteiger partial charge in [0, 0.05) is 18.3 Å². The molecule has 0 unspecified atom stereocenters. The van der Waals surface area contributed by atoms with E-state index in [-0.39, 0.29) is 15.8 Å². The Bertz CT molecular complexity index is 931. The van der Waals surface area contributed by atoms with Crippen LogP contribution in [0.1, 0.15) is 0 Å². The summed E-state index contributed by atoms with van der Waals surface area (Å²) >= 11 is 7.08. The third-order valence-corrected chi connectivity index (χ3v) is 5.34. The van der Waals surface area contributed by atoms with Crippen molar-refractivity contribution in [1.82, 2.24) is 14.8 Å². The fraction of sp³-hybridized carbons (Fsp3) is 0.0909. The van der Waals surface area contributed by atoms with E-state index < -0.39 is 10.0 Å². The number of aromatic nitrogens is 3. The van der Waals surface area contributed by atoms with Crippen LogP contribution in [-0.4, -0.2) is 23.2 Å². The molecule has 0 aliphatic heterocycles. The van der Waals surface area contributed by atoms with E-state index in [0.29, 0.717) is 10.5 Å². The predicted molar refractivity (Wildman–Crippen MR) is 83.1 cm³/mol. The lowest BCUT2D eigenvalue weighted by Gasteiger charge is -2.02. The highest BCUT2D eigenvalue weighted by atomic mass is 35.5. The molecule has 110 valence electrons. The van der Waals surface area contributed by atoms with Gasteiger partial charge in [-0.25, -0.2) is 13.4 Å². The first-order chi connectivity index (χ1) is 9.85. The largest absolute Gasteiger partial charge is 0.381 e. The molecule has 0 atom stereocenters. The molecule has 2 aromatic heterocycles. The highest BCUT2D eigenvalue weighted by Gasteiger charge is 2.22. The van der Waals surface area contributed by atoms with E-state index in [2.05, 4.69) is 14.8 Å². The monoisotopic (exact) mass is 343 g/mol. The highest BCUT2D eigenvalue weighted by molar-refractivity contribution is 7.93. The van der Waals surface area contributed by atoms with Gasteiger partial charge in [-0.1, -0.05) is 22.9 Å². The van der Waals surface area contributed by atoms with Gasteiger partial charge in [-0.3, -0.25) is 9.40 Å². The van der Waals surface area contributed by atoms with E-state index in [1.807, 2.05) is 0 Å². The Hall–Kier alpha value is -1.84. The Balaban J connectivity index is 1.99. The first-order valence-corrected chi connectivity index (χ1v) is 8.41. The number of nitrogen functional groups attached to an aromatic ring is 1. The summed E-state index contributed by atoms with van der Waals surface area (Å²) in [6.07, 6.45) is 1.34. The van der Waals surface area contributed by atoms with Gasteiger partial charge in [-0.2, -0.15) is 5.10 Å². The number of thiazole rings is 1. The van der Waals surface area contributed by atoms with Gasteiger partial charge in [-0.15, -0.1) is 0 Å². The molecule has 0 bridgehead atoms. The number of benzene rings is 1. The molecular formula is C11H10ClN5O2S2. The van der Waals surface area contributed by atoms with Crippen molar-refractivity contribution in [3.63, 3.8) is 0 Å². The van der Waals surface area contributed by atoms with Crippen molar-refractivity contribution in [2.24, 2.45) is 7.05 Å². The maximum Gasteiger partial charge on any atom is 0.268 e. The first kappa shape index (κ1) is 14.1. The topological polar surface area (TPSA) is 103 Å². The summed E-state index contributed by atoms with van der Waals surface area (Å²) in [5, 5.41) is 4.63. The van der Waals surface area contributed by atoms with E-state index in [1.165, 1.54) is 22.2 Å². The number of nitrogens with one attached hydrogen (secondary N) is 1. The Kier molecular flexibility index (Phi) is 3.27. The molecule has 0 aliphatic carbocycles. The van der Waals surface area contributed by atoms with Gasteiger partial charge in [-0.05, 0) is 18.2 Å². The SMILES string of the molecule is Cn1cc(S(=O)(=O)Nc2nc3ccc(Cl)cc3s2)c(N)n1. The Morgan fingerprint density at radius 1 is 1.43 bits per heavy atom. The average molecular weight is 344 g/mol. The second-order valence-electron chi connectivity index (χ2n) is 4.29. The van der Waals surface area contributed by atoms with Gasteiger partial charge < -0.3 is 5.73 Å². The highest BCUT2D eigenvalue weighted by Crippen LogP contribution is 2.30. The minimum absolute atomic E-state index is 0.0610.